The third-order valence-corrected chi connectivity index (χ3v) is 6.68. The number of hydrogen-bond donors (Lipinski definition) is 2. The maximum atomic E-state index is 12.6. The maximum Gasteiger partial charge on any atom is 0.230 e. The van der Waals surface area contributed by atoms with Crippen LogP contribution in [0.15, 0.2) is 6.33 Å². The van der Waals surface area contributed by atoms with Crippen molar-refractivity contribution in [1.29, 1.82) is 0 Å². The van der Waals surface area contributed by atoms with Gasteiger partial charge in [-0.3, -0.25) is 4.79 Å². The van der Waals surface area contributed by atoms with Gasteiger partial charge in [-0.2, -0.15) is 0 Å². The summed E-state index contributed by atoms with van der Waals surface area (Å²) in [5.41, 5.74) is 0.492. The molecule has 2 N–H and O–H groups in total. The number of aliphatic hydroxyl groups is 1. The molecule has 0 aliphatic carbocycles. The number of thiophene rings is 1. The van der Waals surface area contributed by atoms with Crippen LogP contribution in [0.25, 0.3) is 10.2 Å². The van der Waals surface area contributed by atoms with Gasteiger partial charge in [0.05, 0.1) is 16.9 Å². The Hall–Kier alpha value is -1.73. The topological polar surface area (TPSA) is 78.3 Å². The van der Waals surface area contributed by atoms with Gasteiger partial charge in [0.25, 0.3) is 0 Å². The van der Waals surface area contributed by atoms with Crippen molar-refractivity contribution < 1.29 is 9.90 Å². The van der Waals surface area contributed by atoms with E-state index < -0.39 is 11.5 Å². The first kappa shape index (κ1) is 15.8. The lowest BCUT2D eigenvalue weighted by molar-refractivity contribution is -0.142. The highest BCUT2D eigenvalue weighted by atomic mass is 32.1. The highest BCUT2D eigenvalue weighted by Crippen LogP contribution is 2.41. The standard InChI is InChI=1S/C17H22N4O2S/c1-10-11(2)24-15-13(10)14(19-9-20-15)21-7-4-12(22)17(8-21)5-3-6-18-16(17)23/h9,12,22H,3-8H2,1-2H3,(H,18,23)/t12-,17+/m0/s1. The predicted molar refractivity (Wildman–Crippen MR) is 94.4 cm³/mol. The maximum absolute atomic E-state index is 12.6. The summed E-state index contributed by atoms with van der Waals surface area (Å²) in [6, 6.07) is 0. The molecule has 0 aromatic carbocycles. The highest BCUT2D eigenvalue weighted by Gasteiger charge is 2.50. The van der Waals surface area contributed by atoms with Gasteiger partial charge < -0.3 is 15.3 Å². The average molecular weight is 346 g/mol. The van der Waals surface area contributed by atoms with E-state index in [1.807, 2.05) is 0 Å². The Labute approximate surface area is 144 Å². The third-order valence-electron chi connectivity index (χ3n) is 5.57. The zero-order chi connectivity index (χ0) is 16.9. The van der Waals surface area contributed by atoms with Crippen molar-refractivity contribution in [3.05, 3.63) is 16.8 Å². The first-order valence-electron chi connectivity index (χ1n) is 8.45. The lowest BCUT2D eigenvalue weighted by Gasteiger charge is -2.47. The molecule has 2 saturated heterocycles. The average Bonchev–Trinajstić information content (AvgIpc) is 2.87. The monoisotopic (exact) mass is 346 g/mol. The molecule has 0 saturated carbocycles. The van der Waals surface area contributed by atoms with E-state index in [0.29, 0.717) is 26.1 Å². The molecular formula is C17H22N4O2S. The van der Waals surface area contributed by atoms with Crippen LogP contribution < -0.4 is 10.2 Å². The van der Waals surface area contributed by atoms with E-state index in [0.717, 1.165) is 28.9 Å². The number of hydrogen-bond acceptors (Lipinski definition) is 6. The number of amides is 1. The van der Waals surface area contributed by atoms with E-state index in [9.17, 15) is 9.90 Å². The number of rotatable bonds is 1. The number of aliphatic hydroxyl groups excluding tert-OH is 1. The summed E-state index contributed by atoms with van der Waals surface area (Å²) in [5.74, 6) is 0.876. The minimum absolute atomic E-state index is 0.0190. The molecule has 2 aromatic heterocycles. The third kappa shape index (κ3) is 2.22. The van der Waals surface area contributed by atoms with E-state index in [1.165, 1.54) is 10.4 Å². The summed E-state index contributed by atoms with van der Waals surface area (Å²) in [6.45, 7) is 6.12. The number of fused-ring (bicyclic) bond motifs is 1. The molecule has 4 rings (SSSR count). The Bertz CT molecular complexity index is 805. The molecule has 4 heterocycles. The van der Waals surface area contributed by atoms with Gasteiger partial charge in [0, 0.05) is 24.5 Å². The zero-order valence-electron chi connectivity index (χ0n) is 14.0. The van der Waals surface area contributed by atoms with Crippen LogP contribution >= 0.6 is 11.3 Å². The molecule has 2 aliphatic rings. The fourth-order valence-electron chi connectivity index (χ4n) is 4.03. The number of carbonyl (C=O) groups excluding carboxylic acids is 1. The molecule has 2 atom stereocenters. The lowest BCUT2D eigenvalue weighted by Crippen LogP contribution is -2.61. The second-order valence-corrected chi connectivity index (χ2v) is 8.11. The van der Waals surface area contributed by atoms with E-state index in [1.54, 1.807) is 17.7 Å². The zero-order valence-corrected chi connectivity index (χ0v) is 14.8. The summed E-state index contributed by atoms with van der Waals surface area (Å²) >= 11 is 1.68. The number of piperidine rings is 2. The SMILES string of the molecule is Cc1sc2ncnc(N3CC[C@H](O)[C@@]4(CCCNC4=O)C3)c2c1C. The van der Waals surface area contributed by atoms with Crippen LogP contribution in [0.2, 0.25) is 0 Å². The van der Waals surface area contributed by atoms with Crippen molar-refractivity contribution in [3.63, 3.8) is 0 Å². The summed E-state index contributed by atoms with van der Waals surface area (Å²) in [6.07, 6.45) is 3.24. The number of nitrogens with zero attached hydrogens (tertiary/aromatic N) is 3. The number of carbonyl (C=O) groups is 1. The van der Waals surface area contributed by atoms with Gasteiger partial charge in [0.1, 0.15) is 17.0 Å². The molecule has 1 amide bonds. The van der Waals surface area contributed by atoms with E-state index in [4.69, 9.17) is 0 Å². The number of nitrogens with one attached hydrogen (secondary N) is 1. The fourth-order valence-corrected chi connectivity index (χ4v) is 5.02. The molecule has 2 aromatic rings. The number of aryl methyl sites for hydroxylation is 2. The van der Waals surface area contributed by atoms with Crippen LogP contribution in [-0.2, 0) is 4.79 Å². The lowest BCUT2D eigenvalue weighted by atomic mass is 9.71. The van der Waals surface area contributed by atoms with Gasteiger partial charge in [-0.05, 0) is 38.7 Å². The first-order valence-corrected chi connectivity index (χ1v) is 9.26. The Morgan fingerprint density at radius 2 is 2.25 bits per heavy atom. The molecule has 0 unspecified atom stereocenters. The molecule has 2 aliphatic heterocycles. The van der Waals surface area contributed by atoms with Crippen LogP contribution in [-0.4, -0.2) is 46.7 Å². The number of anilines is 1. The second kappa shape index (κ2) is 5.67. The molecule has 1 spiro atoms. The van der Waals surface area contributed by atoms with Gasteiger partial charge >= 0.3 is 0 Å². The van der Waals surface area contributed by atoms with Gasteiger partial charge in [-0.15, -0.1) is 11.3 Å². The quantitative estimate of drug-likeness (QED) is 0.823. The normalized spacial score (nSPS) is 27.7. The van der Waals surface area contributed by atoms with Gasteiger partial charge in [0.2, 0.25) is 5.91 Å². The van der Waals surface area contributed by atoms with Crippen molar-refractivity contribution >= 4 is 33.3 Å². The smallest absolute Gasteiger partial charge is 0.230 e. The van der Waals surface area contributed by atoms with Crippen LogP contribution in [0.5, 0.6) is 0 Å². The largest absolute Gasteiger partial charge is 0.392 e. The van der Waals surface area contributed by atoms with Crippen LogP contribution in [0, 0.1) is 19.3 Å². The summed E-state index contributed by atoms with van der Waals surface area (Å²) < 4.78 is 0. The molecule has 7 heteroatoms. The highest BCUT2D eigenvalue weighted by molar-refractivity contribution is 7.18. The van der Waals surface area contributed by atoms with E-state index in [-0.39, 0.29) is 5.91 Å². The Morgan fingerprint density at radius 1 is 1.42 bits per heavy atom. The summed E-state index contributed by atoms with van der Waals surface area (Å²) in [7, 11) is 0. The minimum Gasteiger partial charge on any atom is -0.392 e. The van der Waals surface area contributed by atoms with Crippen molar-refractivity contribution in [3.8, 4) is 0 Å². The Morgan fingerprint density at radius 3 is 3.04 bits per heavy atom. The molecule has 128 valence electrons. The molecule has 0 radical (unpaired) electrons. The van der Waals surface area contributed by atoms with Gasteiger partial charge in [-0.1, -0.05) is 0 Å². The van der Waals surface area contributed by atoms with E-state index in [2.05, 4.69) is 34.0 Å². The molecule has 24 heavy (non-hydrogen) atoms. The molecule has 6 nitrogen and oxygen atoms in total. The molecule has 0 bridgehead atoms. The Kier molecular flexibility index (Phi) is 3.73. The van der Waals surface area contributed by atoms with Gasteiger partial charge in [0.15, 0.2) is 0 Å². The second-order valence-electron chi connectivity index (χ2n) is 6.90. The Balaban J connectivity index is 1.76. The summed E-state index contributed by atoms with van der Waals surface area (Å²) in [5, 5.41) is 14.6. The summed E-state index contributed by atoms with van der Waals surface area (Å²) in [4.78, 5) is 25.9. The fraction of sp³-hybridized carbons (Fsp3) is 0.588. The molecule has 2 fully saturated rings. The van der Waals surface area contributed by atoms with E-state index >= 15 is 0 Å². The van der Waals surface area contributed by atoms with Crippen LogP contribution in [0.1, 0.15) is 29.7 Å². The van der Waals surface area contributed by atoms with Crippen LogP contribution in [0.4, 0.5) is 5.82 Å². The van der Waals surface area contributed by atoms with Crippen molar-refractivity contribution in [2.24, 2.45) is 5.41 Å². The van der Waals surface area contributed by atoms with Crippen LogP contribution in [0.3, 0.4) is 0 Å². The minimum atomic E-state index is -0.716. The van der Waals surface area contributed by atoms with Crippen molar-refractivity contribution in [2.75, 3.05) is 24.5 Å². The predicted octanol–water partition coefficient (Wildman–Crippen LogP) is 1.78. The van der Waals surface area contributed by atoms with Crippen molar-refractivity contribution in [2.45, 2.75) is 39.2 Å². The first-order chi connectivity index (χ1) is 11.5. The molecular weight excluding hydrogens is 324 g/mol. The van der Waals surface area contributed by atoms with Gasteiger partial charge in [-0.25, -0.2) is 9.97 Å². The number of aromatic nitrogens is 2. The van der Waals surface area contributed by atoms with Crippen molar-refractivity contribution in [1.82, 2.24) is 15.3 Å².